The van der Waals surface area contributed by atoms with Crippen LogP contribution in [0.3, 0.4) is 0 Å². The van der Waals surface area contributed by atoms with Gasteiger partial charge in [-0.2, -0.15) is 0 Å². The third-order valence-corrected chi connectivity index (χ3v) is 2.83. The molecule has 0 amide bonds. The zero-order valence-electron chi connectivity index (χ0n) is 9.06. The molecule has 2 aromatic carbocycles. The van der Waals surface area contributed by atoms with E-state index in [9.17, 15) is 0 Å². The first-order valence-corrected chi connectivity index (χ1v) is 5.78. The van der Waals surface area contributed by atoms with Gasteiger partial charge in [-0.25, -0.2) is 4.98 Å². The van der Waals surface area contributed by atoms with Crippen LogP contribution in [0.5, 0.6) is 0 Å². The van der Waals surface area contributed by atoms with Gasteiger partial charge in [-0.3, -0.25) is 0 Å². The van der Waals surface area contributed by atoms with E-state index in [0.717, 1.165) is 11.1 Å². The van der Waals surface area contributed by atoms with E-state index >= 15 is 0 Å². The molecule has 0 N–H and O–H groups in total. The number of benzene rings is 2. The van der Waals surface area contributed by atoms with Crippen molar-refractivity contribution in [1.82, 2.24) is 4.98 Å². The van der Waals surface area contributed by atoms with Crippen molar-refractivity contribution in [3.8, 4) is 0 Å². The maximum atomic E-state index is 5.90. The number of aromatic nitrogens is 1. The molecule has 1 aromatic heterocycles. The Balaban J connectivity index is 1.96. The molecule has 0 unspecified atom stereocenters. The van der Waals surface area contributed by atoms with Crippen LogP contribution in [-0.4, -0.2) is 4.98 Å². The maximum Gasteiger partial charge on any atom is 0.199 e. The Kier molecular flexibility index (Phi) is 2.57. The van der Waals surface area contributed by atoms with Crippen molar-refractivity contribution in [2.24, 2.45) is 0 Å². The van der Waals surface area contributed by atoms with Gasteiger partial charge in [-0.05, 0) is 17.7 Å². The summed E-state index contributed by atoms with van der Waals surface area (Å²) in [5, 5.41) is 0.667. The molecule has 0 spiro atoms. The van der Waals surface area contributed by atoms with Crippen LogP contribution in [0.2, 0.25) is 5.02 Å². The predicted octanol–water partition coefficient (Wildman–Crippen LogP) is 4.07. The second-order valence-corrected chi connectivity index (χ2v) is 4.32. The van der Waals surface area contributed by atoms with Gasteiger partial charge in [-0.15, -0.1) is 0 Å². The summed E-state index contributed by atoms with van der Waals surface area (Å²) >= 11 is 5.90. The number of nitrogens with zero attached hydrogens (tertiary/aromatic N) is 1. The summed E-state index contributed by atoms with van der Waals surface area (Å²) in [5.74, 6) is 0.716. The van der Waals surface area contributed by atoms with E-state index in [1.165, 1.54) is 5.56 Å². The molecule has 0 bridgehead atoms. The Bertz CT molecular complexity index is 646. The minimum Gasteiger partial charge on any atom is -0.440 e. The SMILES string of the molecule is Clc1ccc2nc(Cc3ccccc3)oc2c1. The largest absolute Gasteiger partial charge is 0.440 e. The van der Waals surface area contributed by atoms with E-state index in [0.29, 0.717) is 17.3 Å². The Hall–Kier alpha value is -1.80. The molecule has 3 aromatic rings. The molecular formula is C14H10ClNO. The highest BCUT2D eigenvalue weighted by atomic mass is 35.5. The first kappa shape index (κ1) is 10.4. The Labute approximate surface area is 104 Å². The van der Waals surface area contributed by atoms with Crippen LogP contribution in [0.15, 0.2) is 52.9 Å². The minimum absolute atomic E-state index is 0.667. The Morgan fingerprint density at radius 2 is 1.88 bits per heavy atom. The van der Waals surface area contributed by atoms with Gasteiger partial charge in [0.15, 0.2) is 11.5 Å². The van der Waals surface area contributed by atoms with Gasteiger partial charge >= 0.3 is 0 Å². The van der Waals surface area contributed by atoms with Crippen molar-refractivity contribution in [2.75, 3.05) is 0 Å². The van der Waals surface area contributed by atoms with Crippen molar-refractivity contribution < 1.29 is 4.42 Å². The average molecular weight is 244 g/mol. The highest BCUT2D eigenvalue weighted by Crippen LogP contribution is 2.21. The van der Waals surface area contributed by atoms with E-state index in [2.05, 4.69) is 17.1 Å². The second-order valence-electron chi connectivity index (χ2n) is 3.88. The van der Waals surface area contributed by atoms with E-state index in [4.69, 9.17) is 16.0 Å². The molecule has 3 heteroatoms. The number of oxazole rings is 1. The fourth-order valence-electron chi connectivity index (χ4n) is 1.79. The molecule has 1 heterocycles. The molecule has 0 saturated carbocycles. The standard InChI is InChI=1S/C14H10ClNO/c15-11-6-7-12-13(9-11)17-14(16-12)8-10-4-2-1-3-5-10/h1-7,9H,8H2. The minimum atomic E-state index is 0.667. The van der Waals surface area contributed by atoms with Gasteiger partial charge in [0, 0.05) is 17.5 Å². The Morgan fingerprint density at radius 3 is 2.71 bits per heavy atom. The van der Waals surface area contributed by atoms with Crippen molar-refractivity contribution >= 4 is 22.7 Å². The first-order valence-electron chi connectivity index (χ1n) is 5.40. The van der Waals surface area contributed by atoms with Gasteiger partial charge in [-0.1, -0.05) is 41.9 Å². The lowest BCUT2D eigenvalue weighted by Crippen LogP contribution is -1.86. The zero-order valence-corrected chi connectivity index (χ0v) is 9.82. The number of halogens is 1. The summed E-state index contributed by atoms with van der Waals surface area (Å²) in [6.07, 6.45) is 0.702. The normalized spacial score (nSPS) is 10.9. The van der Waals surface area contributed by atoms with Crippen LogP contribution in [-0.2, 0) is 6.42 Å². The lowest BCUT2D eigenvalue weighted by molar-refractivity contribution is 0.544. The quantitative estimate of drug-likeness (QED) is 0.678. The molecule has 17 heavy (non-hydrogen) atoms. The van der Waals surface area contributed by atoms with Crippen LogP contribution in [0.1, 0.15) is 11.5 Å². The number of hydrogen-bond donors (Lipinski definition) is 0. The molecule has 0 fully saturated rings. The summed E-state index contributed by atoms with van der Waals surface area (Å²) in [6, 6.07) is 15.6. The van der Waals surface area contributed by atoms with Crippen molar-refractivity contribution in [2.45, 2.75) is 6.42 Å². The summed E-state index contributed by atoms with van der Waals surface area (Å²) in [4.78, 5) is 4.42. The van der Waals surface area contributed by atoms with Crippen LogP contribution in [0, 0.1) is 0 Å². The molecule has 0 radical (unpaired) electrons. The predicted molar refractivity (Wildman–Crippen MR) is 68.3 cm³/mol. The van der Waals surface area contributed by atoms with Crippen LogP contribution < -0.4 is 0 Å². The molecule has 0 aliphatic heterocycles. The highest BCUT2D eigenvalue weighted by Gasteiger charge is 2.06. The van der Waals surface area contributed by atoms with Crippen LogP contribution >= 0.6 is 11.6 Å². The van der Waals surface area contributed by atoms with E-state index in [1.807, 2.05) is 30.3 Å². The summed E-state index contributed by atoms with van der Waals surface area (Å²) in [6.45, 7) is 0. The van der Waals surface area contributed by atoms with Gasteiger partial charge in [0.1, 0.15) is 5.52 Å². The van der Waals surface area contributed by atoms with Crippen LogP contribution in [0.4, 0.5) is 0 Å². The summed E-state index contributed by atoms with van der Waals surface area (Å²) < 4.78 is 5.66. The van der Waals surface area contributed by atoms with E-state index < -0.39 is 0 Å². The number of hydrogen-bond acceptors (Lipinski definition) is 2. The number of fused-ring (bicyclic) bond motifs is 1. The Morgan fingerprint density at radius 1 is 1.06 bits per heavy atom. The van der Waals surface area contributed by atoms with Gasteiger partial charge in [0.2, 0.25) is 0 Å². The lowest BCUT2D eigenvalue weighted by Gasteiger charge is -1.94. The van der Waals surface area contributed by atoms with E-state index in [-0.39, 0.29) is 0 Å². The topological polar surface area (TPSA) is 26.0 Å². The molecule has 0 aliphatic carbocycles. The third-order valence-electron chi connectivity index (χ3n) is 2.59. The zero-order chi connectivity index (χ0) is 11.7. The summed E-state index contributed by atoms with van der Waals surface area (Å²) in [5.41, 5.74) is 2.77. The lowest BCUT2D eigenvalue weighted by atomic mass is 10.1. The van der Waals surface area contributed by atoms with Crippen molar-refractivity contribution in [3.05, 3.63) is 65.0 Å². The molecule has 0 aliphatic rings. The smallest absolute Gasteiger partial charge is 0.199 e. The molecule has 3 rings (SSSR count). The molecule has 84 valence electrons. The summed E-state index contributed by atoms with van der Waals surface area (Å²) in [7, 11) is 0. The number of rotatable bonds is 2. The second kappa shape index (κ2) is 4.22. The van der Waals surface area contributed by atoms with Gasteiger partial charge in [0.25, 0.3) is 0 Å². The molecular weight excluding hydrogens is 234 g/mol. The highest BCUT2D eigenvalue weighted by molar-refractivity contribution is 6.31. The van der Waals surface area contributed by atoms with Crippen LogP contribution in [0.25, 0.3) is 11.1 Å². The first-order chi connectivity index (χ1) is 8.31. The fraction of sp³-hybridized carbons (Fsp3) is 0.0714. The van der Waals surface area contributed by atoms with E-state index in [1.54, 1.807) is 6.07 Å². The molecule has 2 nitrogen and oxygen atoms in total. The van der Waals surface area contributed by atoms with Gasteiger partial charge < -0.3 is 4.42 Å². The van der Waals surface area contributed by atoms with Crippen molar-refractivity contribution in [3.63, 3.8) is 0 Å². The molecule has 0 saturated heterocycles. The van der Waals surface area contributed by atoms with Gasteiger partial charge in [0.05, 0.1) is 0 Å². The van der Waals surface area contributed by atoms with Crippen molar-refractivity contribution in [1.29, 1.82) is 0 Å². The third kappa shape index (κ3) is 2.17. The monoisotopic (exact) mass is 243 g/mol. The maximum absolute atomic E-state index is 5.90. The molecule has 0 atom stereocenters. The average Bonchev–Trinajstić information content (AvgIpc) is 2.71. The fourth-order valence-corrected chi connectivity index (χ4v) is 1.95.